The molecule has 5 heteroatoms. The molecule has 0 aromatic heterocycles. The fourth-order valence-corrected chi connectivity index (χ4v) is 1.99. The van der Waals surface area contributed by atoms with Gasteiger partial charge in [-0.2, -0.15) is 0 Å². The summed E-state index contributed by atoms with van der Waals surface area (Å²) in [5, 5.41) is 11.5. The van der Waals surface area contributed by atoms with Crippen LogP contribution in [0, 0.1) is 5.92 Å². The molecule has 0 fully saturated rings. The third kappa shape index (κ3) is 6.47. The number of nitrogens with one attached hydrogen (secondary N) is 1. The number of hydrogen-bond donors (Lipinski definition) is 2. The molecule has 0 aromatic carbocycles. The number of carboxylic acids is 1. The minimum absolute atomic E-state index is 0.0969. The maximum absolute atomic E-state index is 11.8. The van der Waals surface area contributed by atoms with Crippen LogP contribution < -0.4 is 5.32 Å². The van der Waals surface area contributed by atoms with Crippen molar-refractivity contribution in [2.45, 2.75) is 52.5 Å². The summed E-state index contributed by atoms with van der Waals surface area (Å²) in [7, 11) is 1.69. The van der Waals surface area contributed by atoms with Crippen LogP contribution >= 0.6 is 0 Å². The zero-order chi connectivity index (χ0) is 14.1. The molecule has 2 N–H and O–H groups in total. The molecule has 2 amide bonds. The Labute approximate surface area is 110 Å². The van der Waals surface area contributed by atoms with Gasteiger partial charge < -0.3 is 15.3 Å². The maximum Gasteiger partial charge on any atom is 0.317 e. The molecule has 18 heavy (non-hydrogen) atoms. The molecular weight excluding hydrogens is 232 g/mol. The second kappa shape index (κ2) is 8.78. The first-order chi connectivity index (χ1) is 8.42. The van der Waals surface area contributed by atoms with E-state index in [9.17, 15) is 9.59 Å². The highest BCUT2D eigenvalue weighted by Gasteiger charge is 2.17. The summed E-state index contributed by atoms with van der Waals surface area (Å²) < 4.78 is 0. The van der Waals surface area contributed by atoms with Gasteiger partial charge >= 0.3 is 12.0 Å². The highest BCUT2D eigenvalue weighted by atomic mass is 16.4. The number of amides is 2. The first kappa shape index (κ1) is 16.7. The predicted octanol–water partition coefficient (Wildman–Crippen LogP) is 2.32. The van der Waals surface area contributed by atoms with E-state index in [1.165, 1.54) is 0 Å². The number of hydrogen-bond acceptors (Lipinski definition) is 2. The summed E-state index contributed by atoms with van der Waals surface area (Å²) in [6.45, 7) is 6.72. The van der Waals surface area contributed by atoms with Crippen LogP contribution in [0.25, 0.3) is 0 Å². The first-order valence-corrected chi connectivity index (χ1v) is 6.65. The molecule has 1 atom stereocenters. The lowest BCUT2D eigenvalue weighted by molar-refractivity contribution is -0.137. The van der Waals surface area contributed by atoms with E-state index < -0.39 is 5.97 Å². The van der Waals surface area contributed by atoms with Gasteiger partial charge in [0.25, 0.3) is 0 Å². The Hall–Kier alpha value is -1.26. The summed E-state index contributed by atoms with van der Waals surface area (Å²) in [5.41, 5.74) is 0. The Balaban J connectivity index is 4.03. The van der Waals surface area contributed by atoms with Crippen molar-refractivity contribution in [2.24, 2.45) is 5.92 Å². The quantitative estimate of drug-likeness (QED) is 0.702. The van der Waals surface area contributed by atoms with Gasteiger partial charge in [0.1, 0.15) is 0 Å². The van der Waals surface area contributed by atoms with Crippen molar-refractivity contribution in [3.63, 3.8) is 0 Å². The van der Waals surface area contributed by atoms with Gasteiger partial charge in [-0.3, -0.25) is 4.79 Å². The number of urea groups is 1. The maximum atomic E-state index is 11.8. The Morgan fingerprint density at radius 3 is 2.28 bits per heavy atom. The van der Waals surface area contributed by atoms with E-state index in [2.05, 4.69) is 19.2 Å². The minimum atomic E-state index is -0.825. The molecule has 1 unspecified atom stereocenters. The largest absolute Gasteiger partial charge is 0.481 e. The molecule has 0 aliphatic heterocycles. The average Bonchev–Trinajstić information content (AvgIpc) is 2.29. The van der Waals surface area contributed by atoms with Crippen molar-refractivity contribution in [1.29, 1.82) is 0 Å². The Bertz CT molecular complexity index is 265. The summed E-state index contributed by atoms with van der Waals surface area (Å²) in [5.74, 6) is -0.337. The predicted molar refractivity (Wildman–Crippen MR) is 71.6 cm³/mol. The Morgan fingerprint density at radius 2 is 1.83 bits per heavy atom. The van der Waals surface area contributed by atoms with E-state index in [4.69, 9.17) is 5.11 Å². The van der Waals surface area contributed by atoms with Gasteiger partial charge in [0, 0.05) is 26.1 Å². The van der Waals surface area contributed by atoms with Crippen LogP contribution in [0.3, 0.4) is 0 Å². The molecule has 0 saturated carbocycles. The van der Waals surface area contributed by atoms with Gasteiger partial charge in [-0.05, 0) is 19.3 Å². The molecule has 0 heterocycles. The second-order valence-corrected chi connectivity index (χ2v) is 4.73. The summed E-state index contributed by atoms with van der Waals surface area (Å²) in [6.07, 6.45) is 2.67. The highest BCUT2D eigenvalue weighted by molar-refractivity contribution is 5.74. The zero-order valence-electron chi connectivity index (χ0n) is 11.9. The van der Waals surface area contributed by atoms with Gasteiger partial charge in [-0.1, -0.05) is 26.7 Å². The monoisotopic (exact) mass is 258 g/mol. The molecule has 0 saturated heterocycles. The van der Waals surface area contributed by atoms with E-state index in [-0.39, 0.29) is 18.5 Å². The van der Waals surface area contributed by atoms with E-state index in [1.54, 1.807) is 11.9 Å². The lowest BCUT2D eigenvalue weighted by atomic mass is 9.96. The van der Waals surface area contributed by atoms with Crippen LogP contribution in [0.1, 0.15) is 46.5 Å². The van der Waals surface area contributed by atoms with Crippen molar-refractivity contribution < 1.29 is 14.7 Å². The van der Waals surface area contributed by atoms with Crippen molar-refractivity contribution in [2.75, 3.05) is 13.6 Å². The molecule has 0 radical (unpaired) electrons. The van der Waals surface area contributed by atoms with Crippen LogP contribution in [0.2, 0.25) is 0 Å². The number of aliphatic carboxylic acids is 1. The molecule has 0 bridgehead atoms. The van der Waals surface area contributed by atoms with Gasteiger partial charge in [0.05, 0.1) is 0 Å². The normalized spacial score (nSPS) is 12.3. The van der Waals surface area contributed by atoms with Crippen LogP contribution in [-0.2, 0) is 4.79 Å². The fraction of sp³-hybridized carbons (Fsp3) is 0.846. The summed E-state index contributed by atoms with van der Waals surface area (Å²) >= 11 is 0. The van der Waals surface area contributed by atoms with Crippen molar-refractivity contribution in [3.8, 4) is 0 Å². The minimum Gasteiger partial charge on any atom is -0.481 e. The lowest BCUT2D eigenvalue weighted by Crippen LogP contribution is -2.45. The van der Waals surface area contributed by atoms with Crippen LogP contribution in [0.4, 0.5) is 4.79 Å². The molecule has 0 aromatic rings. The SMILES string of the molecule is CCC(CC)C(C)NC(=O)N(C)CCCC(=O)O. The Kier molecular flexibility index (Phi) is 8.16. The van der Waals surface area contributed by atoms with Gasteiger partial charge in [-0.15, -0.1) is 0 Å². The first-order valence-electron chi connectivity index (χ1n) is 6.65. The van der Waals surface area contributed by atoms with Crippen LogP contribution in [0.5, 0.6) is 0 Å². The second-order valence-electron chi connectivity index (χ2n) is 4.73. The molecule has 106 valence electrons. The molecule has 0 aliphatic rings. The molecular formula is C13H26N2O3. The topological polar surface area (TPSA) is 69.6 Å². The molecule has 0 spiro atoms. The standard InChI is InChI=1S/C13H26N2O3/c1-5-11(6-2)10(3)14-13(18)15(4)9-7-8-12(16)17/h10-11H,5-9H2,1-4H3,(H,14,18)(H,16,17). The fourth-order valence-electron chi connectivity index (χ4n) is 1.99. The lowest BCUT2D eigenvalue weighted by Gasteiger charge is -2.26. The van der Waals surface area contributed by atoms with Gasteiger partial charge in [-0.25, -0.2) is 4.79 Å². The molecule has 5 nitrogen and oxygen atoms in total. The van der Waals surface area contributed by atoms with Crippen molar-refractivity contribution in [1.82, 2.24) is 10.2 Å². The van der Waals surface area contributed by atoms with Gasteiger partial charge in [0.2, 0.25) is 0 Å². The summed E-state index contributed by atoms with van der Waals surface area (Å²) in [6, 6.07) is 0.0224. The smallest absolute Gasteiger partial charge is 0.317 e. The number of carbonyl (C=O) groups is 2. The Morgan fingerprint density at radius 1 is 1.28 bits per heavy atom. The number of carboxylic acid groups (broad SMARTS) is 1. The van der Waals surface area contributed by atoms with E-state index in [0.717, 1.165) is 12.8 Å². The van der Waals surface area contributed by atoms with Crippen LogP contribution in [-0.4, -0.2) is 41.6 Å². The van der Waals surface area contributed by atoms with E-state index in [0.29, 0.717) is 18.9 Å². The van der Waals surface area contributed by atoms with Crippen molar-refractivity contribution in [3.05, 3.63) is 0 Å². The number of nitrogens with zero attached hydrogens (tertiary/aromatic N) is 1. The van der Waals surface area contributed by atoms with E-state index >= 15 is 0 Å². The number of rotatable bonds is 8. The van der Waals surface area contributed by atoms with E-state index in [1.807, 2.05) is 6.92 Å². The highest BCUT2D eigenvalue weighted by Crippen LogP contribution is 2.12. The zero-order valence-corrected chi connectivity index (χ0v) is 11.9. The molecule has 0 aliphatic carbocycles. The average molecular weight is 258 g/mol. The van der Waals surface area contributed by atoms with Crippen LogP contribution in [0.15, 0.2) is 0 Å². The van der Waals surface area contributed by atoms with Gasteiger partial charge in [0.15, 0.2) is 0 Å². The molecule has 0 rings (SSSR count). The number of carbonyl (C=O) groups excluding carboxylic acids is 1. The summed E-state index contributed by atoms with van der Waals surface area (Å²) in [4.78, 5) is 23.8. The third-order valence-corrected chi connectivity index (χ3v) is 3.34. The van der Waals surface area contributed by atoms with Crippen molar-refractivity contribution >= 4 is 12.0 Å². The third-order valence-electron chi connectivity index (χ3n) is 3.34.